The first-order chi connectivity index (χ1) is 12.8. The van der Waals surface area contributed by atoms with Gasteiger partial charge in [0.25, 0.3) is 0 Å². The van der Waals surface area contributed by atoms with Crippen LogP contribution in [0.4, 0.5) is 11.4 Å². The Balaban J connectivity index is 1.59. The third kappa shape index (κ3) is 2.61. The molecule has 0 bridgehead atoms. The number of hydrogen-bond donors (Lipinski definition) is 1. The van der Waals surface area contributed by atoms with Gasteiger partial charge in [-0.1, -0.05) is 54.2 Å². The minimum Gasteiger partial charge on any atom is -0.497 e. The Hall–Kier alpha value is -2.91. The molecule has 26 heavy (non-hydrogen) atoms. The van der Waals surface area contributed by atoms with Crippen LogP contribution < -0.4 is 10.1 Å². The van der Waals surface area contributed by atoms with Gasteiger partial charge in [0.15, 0.2) is 0 Å². The fraction of sp³-hybridized carbons (Fsp3) is 0.0435. The van der Waals surface area contributed by atoms with Crippen molar-refractivity contribution in [1.29, 1.82) is 0 Å². The van der Waals surface area contributed by atoms with Gasteiger partial charge in [-0.25, -0.2) is 0 Å². The quantitative estimate of drug-likeness (QED) is 0.379. The van der Waals surface area contributed by atoms with Gasteiger partial charge < -0.3 is 10.1 Å². The molecule has 4 aromatic carbocycles. The van der Waals surface area contributed by atoms with Crippen molar-refractivity contribution in [2.45, 2.75) is 9.79 Å². The maximum atomic E-state index is 5.36. The van der Waals surface area contributed by atoms with E-state index < -0.39 is 0 Å². The molecular weight excluding hydrogens is 338 g/mol. The summed E-state index contributed by atoms with van der Waals surface area (Å²) >= 11 is 1.79. The lowest BCUT2D eigenvalue weighted by Gasteiger charge is -2.22. The van der Waals surface area contributed by atoms with Crippen molar-refractivity contribution in [3.63, 3.8) is 0 Å². The first kappa shape index (κ1) is 15.4. The molecule has 0 unspecified atom stereocenters. The second-order valence-corrected chi connectivity index (χ2v) is 7.45. The van der Waals surface area contributed by atoms with Gasteiger partial charge in [-0.2, -0.15) is 0 Å². The van der Waals surface area contributed by atoms with Crippen LogP contribution in [0.3, 0.4) is 0 Å². The number of ether oxygens (including phenoxy) is 1. The van der Waals surface area contributed by atoms with Crippen LogP contribution in [0.2, 0.25) is 0 Å². The van der Waals surface area contributed by atoms with E-state index in [1.165, 1.54) is 31.7 Å². The van der Waals surface area contributed by atoms with Crippen molar-refractivity contribution < 1.29 is 4.74 Å². The first-order valence-corrected chi connectivity index (χ1v) is 9.38. The van der Waals surface area contributed by atoms with Crippen LogP contribution in [0.5, 0.6) is 5.75 Å². The summed E-state index contributed by atoms with van der Waals surface area (Å²) in [7, 11) is 1.70. The van der Waals surface area contributed by atoms with E-state index in [0.29, 0.717) is 0 Å². The second kappa shape index (κ2) is 6.11. The number of fused-ring (bicyclic) bond motifs is 3. The average molecular weight is 355 g/mol. The third-order valence-electron chi connectivity index (χ3n) is 4.72. The summed E-state index contributed by atoms with van der Waals surface area (Å²) < 4.78 is 5.36. The van der Waals surface area contributed by atoms with Crippen LogP contribution in [-0.4, -0.2) is 7.11 Å². The van der Waals surface area contributed by atoms with Crippen LogP contribution in [-0.2, 0) is 0 Å². The third-order valence-corrected chi connectivity index (χ3v) is 5.84. The normalized spacial score (nSPS) is 12.2. The minimum absolute atomic E-state index is 0.883. The molecule has 4 aromatic rings. The van der Waals surface area contributed by atoms with E-state index in [0.717, 1.165) is 17.1 Å². The van der Waals surface area contributed by atoms with E-state index in [4.69, 9.17) is 4.74 Å². The highest BCUT2D eigenvalue weighted by Gasteiger charge is 2.17. The number of nitrogens with one attached hydrogen (secondary N) is 1. The average Bonchev–Trinajstić information content (AvgIpc) is 2.70. The minimum atomic E-state index is 0.883. The van der Waals surface area contributed by atoms with Gasteiger partial charge in [0, 0.05) is 9.79 Å². The van der Waals surface area contributed by atoms with Crippen LogP contribution >= 0.6 is 11.8 Å². The molecule has 126 valence electrons. The van der Waals surface area contributed by atoms with E-state index in [1.54, 1.807) is 18.9 Å². The van der Waals surface area contributed by atoms with Gasteiger partial charge in [-0.05, 0) is 58.3 Å². The van der Waals surface area contributed by atoms with E-state index in [-0.39, 0.29) is 0 Å². The van der Waals surface area contributed by atoms with E-state index in [9.17, 15) is 0 Å². The highest BCUT2D eigenvalue weighted by molar-refractivity contribution is 7.99. The van der Waals surface area contributed by atoms with Crippen LogP contribution in [0.15, 0.2) is 88.7 Å². The number of hydrogen-bond acceptors (Lipinski definition) is 3. The Morgan fingerprint density at radius 3 is 2.38 bits per heavy atom. The second-order valence-electron chi connectivity index (χ2n) is 6.37. The Morgan fingerprint density at radius 2 is 1.54 bits per heavy atom. The number of anilines is 2. The lowest BCUT2D eigenvalue weighted by molar-refractivity contribution is 0.414. The van der Waals surface area contributed by atoms with Gasteiger partial charge in [0.05, 0.1) is 18.5 Å². The standard InChI is InChI=1S/C23H17NOS/c1-25-19-9-10-20-23(14-19)26-22-13-18-11-16(15-5-3-2-4-6-15)7-8-17(18)12-21(22)24-20/h2-14,24H,1H3. The maximum Gasteiger partial charge on any atom is 0.120 e. The fourth-order valence-electron chi connectivity index (χ4n) is 3.35. The molecule has 1 heterocycles. The number of benzene rings is 4. The summed E-state index contributed by atoms with van der Waals surface area (Å²) in [6, 6.07) is 27.8. The number of methoxy groups -OCH3 is 1. The molecular formula is C23H17NOS. The fourth-order valence-corrected chi connectivity index (χ4v) is 4.40. The lowest BCUT2D eigenvalue weighted by atomic mass is 10.0. The predicted octanol–water partition coefficient (Wildman–Crippen LogP) is 6.72. The molecule has 0 spiro atoms. The zero-order chi connectivity index (χ0) is 17.5. The molecule has 1 N–H and O–H groups in total. The number of rotatable bonds is 2. The van der Waals surface area contributed by atoms with Gasteiger partial charge in [0.1, 0.15) is 5.75 Å². The zero-order valence-corrected chi connectivity index (χ0v) is 15.1. The molecule has 0 aromatic heterocycles. The molecule has 5 rings (SSSR count). The van der Waals surface area contributed by atoms with Crippen LogP contribution in [0.25, 0.3) is 21.9 Å². The smallest absolute Gasteiger partial charge is 0.120 e. The molecule has 0 amide bonds. The van der Waals surface area contributed by atoms with E-state index >= 15 is 0 Å². The molecule has 0 saturated heterocycles. The van der Waals surface area contributed by atoms with Crippen LogP contribution in [0, 0.1) is 0 Å². The summed E-state index contributed by atoms with van der Waals surface area (Å²) in [6.07, 6.45) is 0. The molecule has 0 atom stereocenters. The first-order valence-electron chi connectivity index (χ1n) is 8.56. The largest absolute Gasteiger partial charge is 0.497 e. The van der Waals surface area contributed by atoms with Crippen LogP contribution in [0.1, 0.15) is 0 Å². The van der Waals surface area contributed by atoms with Gasteiger partial charge in [-0.15, -0.1) is 0 Å². The van der Waals surface area contributed by atoms with Crippen molar-refractivity contribution in [2.24, 2.45) is 0 Å². The topological polar surface area (TPSA) is 21.3 Å². The summed E-state index contributed by atoms with van der Waals surface area (Å²) in [6.45, 7) is 0. The molecule has 0 saturated carbocycles. The Kier molecular flexibility index (Phi) is 3.61. The molecule has 1 aliphatic heterocycles. The molecule has 3 heteroatoms. The summed E-state index contributed by atoms with van der Waals surface area (Å²) in [5.74, 6) is 0.883. The monoisotopic (exact) mass is 355 g/mol. The Morgan fingerprint density at radius 1 is 0.692 bits per heavy atom. The van der Waals surface area contributed by atoms with Gasteiger partial charge in [-0.3, -0.25) is 0 Å². The Labute approximate surface area is 156 Å². The molecule has 2 nitrogen and oxygen atoms in total. The zero-order valence-electron chi connectivity index (χ0n) is 14.3. The van der Waals surface area contributed by atoms with Gasteiger partial charge in [0.2, 0.25) is 0 Å². The van der Waals surface area contributed by atoms with Crippen molar-refractivity contribution in [1.82, 2.24) is 0 Å². The van der Waals surface area contributed by atoms with Gasteiger partial charge >= 0.3 is 0 Å². The summed E-state index contributed by atoms with van der Waals surface area (Å²) in [5.41, 5.74) is 4.78. The van der Waals surface area contributed by atoms with Crippen molar-refractivity contribution in [3.05, 3.63) is 78.9 Å². The molecule has 0 radical (unpaired) electrons. The highest BCUT2D eigenvalue weighted by Crippen LogP contribution is 2.46. The highest BCUT2D eigenvalue weighted by atomic mass is 32.2. The molecule has 0 aliphatic carbocycles. The molecule has 0 fully saturated rings. The van der Waals surface area contributed by atoms with Crippen molar-refractivity contribution in [3.8, 4) is 16.9 Å². The lowest BCUT2D eigenvalue weighted by Crippen LogP contribution is -2.00. The SMILES string of the molecule is COc1ccc2c(c1)Sc1cc3cc(-c4ccccc4)ccc3cc1N2. The van der Waals surface area contributed by atoms with Crippen molar-refractivity contribution in [2.75, 3.05) is 12.4 Å². The molecule has 1 aliphatic rings. The van der Waals surface area contributed by atoms with E-state index in [1.807, 2.05) is 6.07 Å². The maximum absolute atomic E-state index is 5.36. The summed E-state index contributed by atoms with van der Waals surface area (Å²) in [4.78, 5) is 2.43. The Bertz CT molecular complexity index is 1120. The van der Waals surface area contributed by atoms with E-state index in [2.05, 4.69) is 78.1 Å². The summed E-state index contributed by atoms with van der Waals surface area (Å²) in [5, 5.41) is 6.05. The van der Waals surface area contributed by atoms with Crippen molar-refractivity contribution >= 4 is 33.9 Å². The predicted molar refractivity (Wildman–Crippen MR) is 110 cm³/mol.